The summed E-state index contributed by atoms with van der Waals surface area (Å²) in [7, 11) is 0. The van der Waals surface area contributed by atoms with Crippen LogP contribution >= 0.6 is 0 Å². The maximum absolute atomic E-state index is 12.2. The third-order valence-electron chi connectivity index (χ3n) is 3.79. The van der Waals surface area contributed by atoms with E-state index in [9.17, 15) is 10.1 Å². The average Bonchev–Trinajstić information content (AvgIpc) is 2.46. The summed E-state index contributed by atoms with van der Waals surface area (Å²) in [5.74, 6) is -0.346. The van der Waals surface area contributed by atoms with Crippen LogP contribution in [0.25, 0.3) is 0 Å². The molecule has 0 radical (unpaired) electrons. The normalized spacial score (nSPS) is 19.0. The van der Waals surface area contributed by atoms with Crippen LogP contribution in [-0.4, -0.2) is 23.4 Å². The first-order chi connectivity index (χ1) is 10.1. The van der Waals surface area contributed by atoms with E-state index < -0.39 is 0 Å². The van der Waals surface area contributed by atoms with Gasteiger partial charge in [-0.05, 0) is 50.8 Å². The van der Waals surface area contributed by atoms with E-state index in [1.165, 1.54) is 6.42 Å². The summed E-state index contributed by atoms with van der Waals surface area (Å²) in [4.78, 5) is 14.3. The standard InChI is InChI=1S/C17H21N3O/c1-13-6-5-8-16(10-13)19-17(21)15(11-18)12-20-9-4-3-7-14(20)2/h5-6,8,10,12,14H,3-4,7,9H2,1-2H3,(H,19,21)/b15-12-. The lowest BCUT2D eigenvalue weighted by Gasteiger charge is -2.32. The zero-order valence-corrected chi connectivity index (χ0v) is 12.6. The van der Waals surface area contributed by atoms with Crippen molar-refractivity contribution < 1.29 is 4.79 Å². The number of hydrogen-bond acceptors (Lipinski definition) is 3. The topological polar surface area (TPSA) is 56.1 Å². The van der Waals surface area contributed by atoms with Crippen LogP contribution in [0.5, 0.6) is 0 Å². The van der Waals surface area contributed by atoms with Gasteiger partial charge in [0, 0.05) is 24.5 Å². The molecule has 1 aliphatic rings. The minimum absolute atomic E-state index is 0.158. The summed E-state index contributed by atoms with van der Waals surface area (Å²) in [6, 6.07) is 9.95. The predicted molar refractivity (Wildman–Crippen MR) is 83.5 cm³/mol. The second kappa shape index (κ2) is 6.94. The number of benzene rings is 1. The first kappa shape index (κ1) is 15.1. The molecule has 1 unspecified atom stereocenters. The number of likely N-dealkylation sites (tertiary alicyclic amines) is 1. The maximum Gasteiger partial charge on any atom is 0.267 e. The largest absolute Gasteiger partial charge is 0.373 e. The number of amides is 1. The fourth-order valence-corrected chi connectivity index (χ4v) is 2.54. The molecule has 1 amide bonds. The zero-order chi connectivity index (χ0) is 15.2. The number of carbonyl (C=O) groups excluding carboxylic acids is 1. The molecule has 0 spiro atoms. The van der Waals surface area contributed by atoms with E-state index in [4.69, 9.17) is 0 Å². The third kappa shape index (κ3) is 4.09. The van der Waals surface area contributed by atoms with Crippen molar-refractivity contribution in [2.24, 2.45) is 0 Å². The van der Waals surface area contributed by atoms with Gasteiger partial charge in [-0.15, -0.1) is 0 Å². The third-order valence-corrected chi connectivity index (χ3v) is 3.79. The van der Waals surface area contributed by atoms with Crippen LogP contribution in [0.3, 0.4) is 0 Å². The second-order valence-electron chi connectivity index (χ2n) is 5.56. The van der Waals surface area contributed by atoms with Gasteiger partial charge in [0.25, 0.3) is 5.91 Å². The Balaban J connectivity index is 2.09. The molecule has 0 aliphatic carbocycles. The summed E-state index contributed by atoms with van der Waals surface area (Å²) in [5.41, 5.74) is 1.94. The van der Waals surface area contributed by atoms with Crippen molar-refractivity contribution in [2.45, 2.75) is 39.2 Å². The van der Waals surface area contributed by atoms with E-state index in [1.54, 1.807) is 6.20 Å². The van der Waals surface area contributed by atoms with Crippen LogP contribution in [-0.2, 0) is 4.79 Å². The molecule has 0 aromatic heterocycles. The number of nitriles is 1. The molecule has 1 N–H and O–H groups in total. The molecule has 0 bridgehead atoms. The van der Waals surface area contributed by atoms with Crippen molar-refractivity contribution in [1.29, 1.82) is 5.26 Å². The number of aryl methyl sites for hydroxylation is 1. The second-order valence-corrected chi connectivity index (χ2v) is 5.56. The van der Waals surface area contributed by atoms with E-state index >= 15 is 0 Å². The molecule has 4 nitrogen and oxygen atoms in total. The lowest BCUT2D eigenvalue weighted by Crippen LogP contribution is -2.34. The lowest BCUT2D eigenvalue weighted by atomic mass is 10.0. The maximum atomic E-state index is 12.2. The number of anilines is 1. The van der Waals surface area contributed by atoms with E-state index in [0.717, 1.165) is 24.9 Å². The van der Waals surface area contributed by atoms with Crippen LogP contribution < -0.4 is 5.32 Å². The van der Waals surface area contributed by atoms with E-state index in [2.05, 4.69) is 17.1 Å². The Labute approximate surface area is 126 Å². The first-order valence-electron chi connectivity index (χ1n) is 7.36. The highest BCUT2D eigenvalue weighted by molar-refractivity contribution is 6.06. The van der Waals surface area contributed by atoms with Gasteiger partial charge < -0.3 is 10.2 Å². The van der Waals surface area contributed by atoms with E-state index in [1.807, 2.05) is 37.3 Å². The van der Waals surface area contributed by atoms with Gasteiger partial charge in [0.15, 0.2) is 0 Å². The molecule has 2 rings (SSSR count). The Kier molecular flexibility index (Phi) is 4.99. The number of piperidine rings is 1. The van der Waals surface area contributed by atoms with Gasteiger partial charge in [-0.25, -0.2) is 0 Å². The minimum atomic E-state index is -0.346. The van der Waals surface area contributed by atoms with Crippen molar-refractivity contribution in [3.8, 4) is 6.07 Å². The molecular weight excluding hydrogens is 262 g/mol. The van der Waals surface area contributed by atoms with Crippen LogP contribution in [0.2, 0.25) is 0 Å². The van der Waals surface area contributed by atoms with Crippen molar-refractivity contribution in [2.75, 3.05) is 11.9 Å². The van der Waals surface area contributed by atoms with Crippen molar-refractivity contribution in [1.82, 2.24) is 4.90 Å². The molecule has 1 aromatic rings. The van der Waals surface area contributed by atoms with Crippen molar-refractivity contribution >= 4 is 11.6 Å². The Hall–Kier alpha value is -2.28. The van der Waals surface area contributed by atoms with Gasteiger partial charge in [0.2, 0.25) is 0 Å². The van der Waals surface area contributed by atoms with Gasteiger partial charge in [-0.2, -0.15) is 5.26 Å². The monoisotopic (exact) mass is 283 g/mol. The number of carbonyl (C=O) groups is 1. The molecule has 0 saturated carbocycles. The van der Waals surface area contributed by atoms with Crippen LogP contribution in [0.4, 0.5) is 5.69 Å². The van der Waals surface area contributed by atoms with Crippen LogP contribution in [0.15, 0.2) is 36.0 Å². The van der Waals surface area contributed by atoms with Crippen LogP contribution in [0, 0.1) is 18.3 Å². The molecule has 1 heterocycles. The molecule has 21 heavy (non-hydrogen) atoms. The molecule has 1 aromatic carbocycles. The highest BCUT2D eigenvalue weighted by Gasteiger charge is 2.18. The van der Waals surface area contributed by atoms with E-state index in [0.29, 0.717) is 11.7 Å². The summed E-state index contributed by atoms with van der Waals surface area (Å²) in [5, 5.41) is 12.0. The van der Waals surface area contributed by atoms with Gasteiger partial charge >= 0.3 is 0 Å². The average molecular weight is 283 g/mol. The fourth-order valence-electron chi connectivity index (χ4n) is 2.54. The Morgan fingerprint density at radius 3 is 2.95 bits per heavy atom. The first-order valence-corrected chi connectivity index (χ1v) is 7.36. The van der Waals surface area contributed by atoms with Gasteiger partial charge in [0.1, 0.15) is 11.6 Å². The zero-order valence-electron chi connectivity index (χ0n) is 12.6. The lowest BCUT2D eigenvalue weighted by molar-refractivity contribution is -0.112. The Bertz CT molecular complexity index is 586. The minimum Gasteiger partial charge on any atom is -0.373 e. The van der Waals surface area contributed by atoms with Crippen molar-refractivity contribution in [3.63, 3.8) is 0 Å². The predicted octanol–water partition coefficient (Wildman–Crippen LogP) is 3.22. The fraction of sp³-hybridized carbons (Fsp3) is 0.412. The summed E-state index contributed by atoms with van der Waals surface area (Å²) in [6.07, 6.45) is 5.13. The number of rotatable bonds is 3. The molecule has 1 saturated heterocycles. The number of nitrogens with one attached hydrogen (secondary N) is 1. The number of nitrogens with zero attached hydrogens (tertiary/aromatic N) is 2. The molecule has 4 heteroatoms. The van der Waals surface area contributed by atoms with Gasteiger partial charge in [-0.1, -0.05) is 12.1 Å². The molecular formula is C17H21N3O. The smallest absolute Gasteiger partial charge is 0.267 e. The number of hydrogen-bond donors (Lipinski definition) is 1. The molecule has 110 valence electrons. The quantitative estimate of drug-likeness (QED) is 0.684. The summed E-state index contributed by atoms with van der Waals surface area (Å²) < 4.78 is 0. The molecule has 1 fully saturated rings. The SMILES string of the molecule is Cc1cccc(NC(=O)/C(C#N)=C\N2CCCCC2C)c1. The van der Waals surface area contributed by atoms with Gasteiger partial charge in [0.05, 0.1) is 0 Å². The van der Waals surface area contributed by atoms with E-state index in [-0.39, 0.29) is 11.5 Å². The highest BCUT2D eigenvalue weighted by atomic mass is 16.1. The molecule has 1 aliphatic heterocycles. The summed E-state index contributed by atoms with van der Waals surface area (Å²) >= 11 is 0. The van der Waals surface area contributed by atoms with Crippen molar-refractivity contribution in [3.05, 3.63) is 41.6 Å². The highest BCUT2D eigenvalue weighted by Crippen LogP contribution is 2.18. The summed E-state index contributed by atoms with van der Waals surface area (Å²) in [6.45, 7) is 5.00. The Morgan fingerprint density at radius 2 is 2.29 bits per heavy atom. The van der Waals surface area contributed by atoms with Crippen LogP contribution in [0.1, 0.15) is 31.7 Å². The van der Waals surface area contributed by atoms with Gasteiger partial charge in [-0.3, -0.25) is 4.79 Å². The molecule has 1 atom stereocenters. The Morgan fingerprint density at radius 1 is 1.48 bits per heavy atom.